The predicted octanol–water partition coefficient (Wildman–Crippen LogP) is 1.53. The van der Waals surface area contributed by atoms with E-state index < -0.39 is 0 Å². The summed E-state index contributed by atoms with van der Waals surface area (Å²) in [6.45, 7) is 2.92. The first kappa shape index (κ1) is 15.0. The van der Waals surface area contributed by atoms with Gasteiger partial charge < -0.3 is 5.32 Å². The number of hydrogen-bond acceptors (Lipinski definition) is 3. The predicted molar refractivity (Wildman–Crippen MR) is 88.0 cm³/mol. The molecule has 0 fully saturated rings. The number of carbonyl (C=O) groups excluding carboxylic acids is 1. The van der Waals surface area contributed by atoms with E-state index in [0.717, 1.165) is 16.6 Å². The molecule has 0 saturated carbocycles. The Morgan fingerprint density at radius 2 is 1.74 bits per heavy atom. The summed E-state index contributed by atoms with van der Waals surface area (Å²) in [5, 5.41) is 2.83. The smallest absolute Gasteiger partial charge is 0.329 e. The van der Waals surface area contributed by atoms with Gasteiger partial charge in [0.25, 0.3) is 0 Å². The van der Waals surface area contributed by atoms with Crippen LogP contribution in [0.2, 0.25) is 0 Å². The largest absolute Gasteiger partial charge is 0.350 e. The average Bonchev–Trinajstić information content (AvgIpc) is 2.85. The minimum absolute atomic E-state index is 0.0113. The second-order valence-electron chi connectivity index (χ2n) is 5.23. The minimum Gasteiger partial charge on any atom is -0.350 e. The van der Waals surface area contributed by atoms with Crippen molar-refractivity contribution < 1.29 is 4.79 Å². The van der Waals surface area contributed by atoms with Gasteiger partial charge in [0, 0.05) is 25.5 Å². The van der Waals surface area contributed by atoms with Crippen molar-refractivity contribution in [1.82, 2.24) is 19.4 Å². The van der Waals surface area contributed by atoms with Crippen molar-refractivity contribution in [3.8, 4) is 0 Å². The zero-order chi connectivity index (χ0) is 16.2. The Bertz CT molecular complexity index is 880. The van der Waals surface area contributed by atoms with Crippen LogP contribution in [0.4, 0.5) is 0 Å². The van der Waals surface area contributed by atoms with E-state index in [1.807, 2.05) is 43.3 Å². The molecule has 1 aromatic carbocycles. The number of rotatable bonds is 5. The van der Waals surface area contributed by atoms with Gasteiger partial charge in [-0.25, -0.2) is 4.79 Å². The molecule has 0 saturated heterocycles. The summed E-state index contributed by atoms with van der Waals surface area (Å²) in [7, 11) is 0. The lowest BCUT2D eigenvalue weighted by molar-refractivity contribution is -0.121. The van der Waals surface area contributed by atoms with Crippen molar-refractivity contribution in [1.29, 1.82) is 0 Å². The van der Waals surface area contributed by atoms with E-state index in [9.17, 15) is 9.59 Å². The summed E-state index contributed by atoms with van der Waals surface area (Å²) in [4.78, 5) is 28.6. The molecule has 2 heterocycles. The van der Waals surface area contributed by atoms with Crippen molar-refractivity contribution in [3.05, 3.63) is 64.8 Å². The van der Waals surface area contributed by atoms with Gasteiger partial charge in [0.15, 0.2) is 0 Å². The summed E-state index contributed by atoms with van der Waals surface area (Å²) in [5.41, 5.74) is 2.43. The molecule has 6 heteroatoms. The van der Waals surface area contributed by atoms with Gasteiger partial charge in [-0.15, -0.1) is 0 Å². The van der Waals surface area contributed by atoms with Crippen molar-refractivity contribution >= 4 is 16.9 Å². The number of imidazole rings is 1. The standard InChI is InChI=1S/C17H18N4O2/c1-2-20-14-5-3-4-6-15(14)21(17(20)23)12-16(22)19-11-13-7-9-18-10-8-13/h3-10H,2,11-12H2,1H3,(H,19,22). The van der Waals surface area contributed by atoms with Crippen LogP contribution < -0.4 is 11.0 Å². The molecule has 118 valence electrons. The van der Waals surface area contributed by atoms with Gasteiger partial charge in [0.1, 0.15) is 6.54 Å². The van der Waals surface area contributed by atoms with E-state index in [-0.39, 0.29) is 18.1 Å². The highest BCUT2D eigenvalue weighted by atomic mass is 16.2. The summed E-state index contributed by atoms with van der Waals surface area (Å²) in [5.74, 6) is -0.192. The molecule has 0 bridgehead atoms. The first-order chi connectivity index (χ1) is 11.2. The minimum atomic E-state index is -0.192. The van der Waals surface area contributed by atoms with E-state index in [1.54, 1.807) is 17.0 Å². The summed E-state index contributed by atoms with van der Waals surface area (Å²) < 4.78 is 3.19. The fraction of sp³-hybridized carbons (Fsp3) is 0.235. The molecule has 0 aliphatic heterocycles. The van der Waals surface area contributed by atoms with Crippen molar-refractivity contribution in [2.75, 3.05) is 0 Å². The Morgan fingerprint density at radius 1 is 1.09 bits per heavy atom. The summed E-state index contributed by atoms with van der Waals surface area (Å²) in [6, 6.07) is 11.2. The second kappa shape index (κ2) is 6.48. The highest BCUT2D eigenvalue weighted by molar-refractivity contribution is 5.80. The van der Waals surface area contributed by atoms with Crippen LogP contribution in [0.15, 0.2) is 53.6 Å². The van der Waals surface area contributed by atoms with Crippen molar-refractivity contribution in [2.45, 2.75) is 26.6 Å². The third-order valence-corrected chi connectivity index (χ3v) is 3.78. The number of aromatic nitrogens is 3. The Labute approximate surface area is 133 Å². The molecule has 0 unspecified atom stereocenters. The molecule has 0 spiro atoms. The van der Waals surface area contributed by atoms with E-state index in [1.165, 1.54) is 4.57 Å². The van der Waals surface area contributed by atoms with E-state index in [0.29, 0.717) is 13.1 Å². The highest BCUT2D eigenvalue weighted by Crippen LogP contribution is 2.12. The van der Waals surface area contributed by atoms with Gasteiger partial charge in [-0.1, -0.05) is 12.1 Å². The van der Waals surface area contributed by atoms with Gasteiger partial charge in [-0.3, -0.25) is 18.9 Å². The number of nitrogens with one attached hydrogen (secondary N) is 1. The molecule has 0 atom stereocenters. The first-order valence-electron chi connectivity index (χ1n) is 7.54. The van der Waals surface area contributed by atoms with Gasteiger partial charge in [0.2, 0.25) is 5.91 Å². The Kier molecular flexibility index (Phi) is 4.23. The lowest BCUT2D eigenvalue weighted by Gasteiger charge is -2.06. The Balaban J connectivity index is 1.80. The van der Waals surface area contributed by atoms with Gasteiger partial charge in [0.05, 0.1) is 11.0 Å². The number of hydrogen-bond donors (Lipinski definition) is 1. The highest BCUT2D eigenvalue weighted by Gasteiger charge is 2.14. The number of para-hydroxylation sites is 2. The molecule has 23 heavy (non-hydrogen) atoms. The lowest BCUT2D eigenvalue weighted by Crippen LogP contribution is -2.32. The number of pyridine rings is 1. The zero-order valence-corrected chi connectivity index (χ0v) is 12.9. The molecule has 6 nitrogen and oxygen atoms in total. The van der Waals surface area contributed by atoms with Gasteiger partial charge in [-0.2, -0.15) is 0 Å². The van der Waals surface area contributed by atoms with Crippen LogP contribution in [0.25, 0.3) is 11.0 Å². The van der Waals surface area contributed by atoms with Crippen molar-refractivity contribution in [3.63, 3.8) is 0 Å². The first-order valence-corrected chi connectivity index (χ1v) is 7.54. The fourth-order valence-corrected chi connectivity index (χ4v) is 2.63. The quantitative estimate of drug-likeness (QED) is 0.777. The number of fused-ring (bicyclic) bond motifs is 1. The normalized spacial score (nSPS) is 10.8. The van der Waals surface area contributed by atoms with Crippen LogP contribution in [-0.2, 0) is 24.4 Å². The Morgan fingerprint density at radius 3 is 2.39 bits per heavy atom. The lowest BCUT2D eigenvalue weighted by atomic mass is 10.3. The fourth-order valence-electron chi connectivity index (χ4n) is 2.63. The average molecular weight is 310 g/mol. The molecule has 0 radical (unpaired) electrons. The maximum Gasteiger partial charge on any atom is 0.329 e. The number of carbonyl (C=O) groups is 1. The van der Waals surface area contributed by atoms with Crippen LogP contribution in [0.1, 0.15) is 12.5 Å². The van der Waals surface area contributed by atoms with Crippen LogP contribution in [-0.4, -0.2) is 20.0 Å². The van der Waals surface area contributed by atoms with Crippen LogP contribution >= 0.6 is 0 Å². The molecule has 1 amide bonds. The molecular weight excluding hydrogens is 292 g/mol. The van der Waals surface area contributed by atoms with Gasteiger partial charge in [-0.05, 0) is 36.8 Å². The number of benzene rings is 1. The summed E-state index contributed by atoms with van der Waals surface area (Å²) in [6.07, 6.45) is 3.36. The maximum atomic E-state index is 12.5. The number of nitrogens with zero attached hydrogens (tertiary/aromatic N) is 3. The van der Waals surface area contributed by atoms with Crippen LogP contribution in [0.3, 0.4) is 0 Å². The molecule has 2 aromatic heterocycles. The van der Waals surface area contributed by atoms with E-state index >= 15 is 0 Å². The molecular formula is C17H18N4O2. The number of amides is 1. The maximum absolute atomic E-state index is 12.5. The topological polar surface area (TPSA) is 68.9 Å². The Hall–Kier alpha value is -2.89. The van der Waals surface area contributed by atoms with Gasteiger partial charge >= 0.3 is 5.69 Å². The second-order valence-corrected chi connectivity index (χ2v) is 5.23. The third-order valence-electron chi connectivity index (χ3n) is 3.78. The third kappa shape index (κ3) is 3.01. The van der Waals surface area contributed by atoms with Crippen molar-refractivity contribution in [2.24, 2.45) is 0 Å². The van der Waals surface area contributed by atoms with E-state index in [4.69, 9.17) is 0 Å². The molecule has 0 aliphatic rings. The van der Waals surface area contributed by atoms with E-state index in [2.05, 4.69) is 10.3 Å². The van der Waals surface area contributed by atoms with Crippen LogP contribution in [0.5, 0.6) is 0 Å². The molecule has 3 rings (SSSR count). The van der Waals surface area contributed by atoms with Crippen LogP contribution in [0, 0.1) is 0 Å². The molecule has 1 N–H and O–H groups in total. The molecule has 3 aromatic rings. The summed E-state index contributed by atoms with van der Waals surface area (Å²) >= 11 is 0. The SMILES string of the molecule is CCn1c(=O)n(CC(=O)NCc2ccncc2)c2ccccc21. The number of aryl methyl sites for hydroxylation is 1. The molecule has 0 aliphatic carbocycles. The monoisotopic (exact) mass is 310 g/mol. The zero-order valence-electron chi connectivity index (χ0n) is 12.9.